The lowest BCUT2D eigenvalue weighted by Crippen LogP contribution is -2.32. The smallest absolute Gasteiger partial charge is 0.132 e. The van der Waals surface area contributed by atoms with Crippen molar-refractivity contribution in [3.8, 4) is 29.0 Å². The van der Waals surface area contributed by atoms with E-state index >= 15 is 0 Å². The molecule has 1 aliphatic heterocycles. The van der Waals surface area contributed by atoms with Crippen LogP contribution in [0.15, 0.2) is 84.4 Å². The highest BCUT2D eigenvalue weighted by Crippen LogP contribution is 2.27. The summed E-state index contributed by atoms with van der Waals surface area (Å²) in [6.07, 6.45) is 5.37. The predicted octanol–water partition coefficient (Wildman–Crippen LogP) is 4.48. The van der Waals surface area contributed by atoms with E-state index in [2.05, 4.69) is 35.6 Å². The number of benzene rings is 2. The third kappa shape index (κ3) is 5.45. The lowest BCUT2D eigenvalue weighted by atomic mass is 10.00. The molecule has 0 aliphatic carbocycles. The second kappa shape index (κ2) is 10.3. The maximum Gasteiger partial charge on any atom is 0.132 e. The Hall–Kier alpha value is -4.09. The first-order valence-electron chi connectivity index (χ1n) is 9.04. The molecule has 1 atom stereocenters. The zero-order valence-electron chi connectivity index (χ0n) is 16.3. The number of nitrogens with one attached hydrogen (secondary N) is 1. The van der Waals surface area contributed by atoms with Gasteiger partial charge in [-0.3, -0.25) is 4.99 Å². The van der Waals surface area contributed by atoms with Crippen LogP contribution in [0.3, 0.4) is 0 Å². The number of phenolic OH excluding ortho intramolecular Hbond substituents is 1. The van der Waals surface area contributed by atoms with Gasteiger partial charge >= 0.3 is 0 Å². The van der Waals surface area contributed by atoms with Crippen molar-refractivity contribution in [3.05, 3.63) is 90.6 Å². The van der Waals surface area contributed by atoms with E-state index in [1.807, 2.05) is 49.4 Å². The largest absolute Gasteiger partial charge is 0.507 e. The maximum atomic E-state index is 10.4. The number of amidine groups is 1. The molecular weight excluding hydrogens is 360 g/mol. The number of hydrogen-bond acceptors (Lipinski definition) is 5. The summed E-state index contributed by atoms with van der Waals surface area (Å²) in [4.78, 5) is 4.53. The Kier molecular flexibility index (Phi) is 7.53. The average Bonchev–Trinajstić information content (AvgIpc) is 2.85. The van der Waals surface area contributed by atoms with Crippen LogP contribution in [0.4, 0.5) is 0 Å². The van der Waals surface area contributed by atoms with Crippen molar-refractivity contribution in [2.24, 2.45) is 4.99 Å². The fraction of sp³-hybridized carbons (Fsp3) is 0.125. The Bertz CT molecular complexity index is 1050. The van der Waals surface area contributed by atoms with Crippen molar-refractivity contribution in [1.29, 1.82) is 10.5 Å². The van der Waals surface area contributed by atoms with E-state index in [1.54, 1.807) is 18.2 Å². The summed E-state index contributed by atoms with van der Waals surface area (Å²) in [7, 11) is 0. The molecule has 1 unspecified atom stereocenters. The quantitative estimate of drug-likeness (QED) is 0.749. The molecule has 0 fully saturated rings. The number of aromatic hydroxyl groups is 1. The molecule has 0 aromatic heterocycles. The summed E-state index contributed by atoms with van der Waals surface area (Å²) in [5.41, 5.74) is 3.48. The normalized spacial score (nSPS) is 18.4. The van der Waals surface area contributed by atoms with Crippen LogP contribution in [0.25, 0.3) is 11.1 Å². The number of rotatable bonds is 2. The first-order valence-corrected chi connectivity index (χ1v) is 9.04. The van der Waals surface area contributed by atoms with Gasteiger partial charge in [0.15, 0.2) is 0 Å². The van der Waals surface area contributed by atoms with Crippen molar-refractivity contribution in [3.63, 3.8) is 0 Å². The molecular formula is C24H22N4O. The molecule has 2 N–H and O–H groups in total. The first-order chi connectivity index (χ1) is 14.1. The predicted molar refractivity (Wildman–Crippen MR) is 116 cm³/mol. The second-order valence-electron chi connectivity index (χ2n) is 6.18. The fourth-order valence-corrected chi connectivity index (χ4v) is 2.86. The Morgan fingerprint density at radius 3 is 2.59 bits per heavy atom. The highest BCUT2D eigenvalue weighted by atomic mass is 16.3. The molecule has 0 amide bonds. The van der Waals surface area contributed by atoms with E-state index < -0.39 is 0 Å². The van der Waals surface area contributed by atoms with E-state index in [0.717, 1.165) is 11.1 Å². The van der Waals surface area contributed by atoms with Crippen LogP contribution >= 0.6 is 0 Å². The van der Waals surface area contributed by atoms with Crippen LogP contribution < -0.4 is 5.32 Å². The molecule has 144 valence electrons. The SMILES string of the molecule is C=C.CC1/C=C(C#N)\C=C/CN=C(c2cc(-c3cccc(C#N)c3)ccc2O)N1. The number of phenols is 1. The third-order valence-corrected chi connectivity index (χ3v) is 4.15. The molecule has 5 heteroatoms. The molecule has 2 aromatic rings. The monoisotopic (exact) mass is 382 g/mol. The zero-order chi connectivity index (χ0) is 21.2. The Labute approximate surface area is 171 Å². The molecule has 5 nitrogen and oxygen atoms in total. The Morgan fingerprint density at radius 1 is 1.10 bits per heavy atom. The minimum atomic E-state index is -0.133. The number of nitrogens with zero attached hydrogens (tertiary/aromatic N) is 3. The molecule has 0 saturated heterocycles. The molecule has 1 heterocycles. The molecule has 1 aliphatic rings. The van der Waals surface area contributed by atoms with Gasteiger partial charge in [-0.1, -0.05) is 24.3 Å². The topological polar surface area (TPSA) is 92.2 Å². The Balaban J connectivity index is 0.00000145. The van der Waals surface area contributed by atoms with Gasteiger partial charge < -0.3 is 10.4 Å². The molecule has 0 saturated carbocycles. The average molecular weight is 382 g/mol. The molecule has 0 bridgehead atoms. The second-order valence-corrected chi connectivity index (χ2v) is 6.18. The highest BCUT2D eigenvalue weighted by Gasteiger charge is 2.14. The van der Waals surface area contributed by atoms with Gasteiger partial charge in [0.25, 0.3) is 0 Å². The van der Waals surface area contributed by atoms with Crippen LogP contribution in [0.1, 0.15) is 18.1 Å². The van der Waals surface area contributed by atoms with Crippen LogP contribution in [0.5, 0.6) is 5.75 Å². The lowest BCUT2D eigenvalue weighted by molar-refractivity contribution is 0.473. The highest BCUT2D eigenvalue weighted by molar-refractivity contribution is 6.02. The molecule has 0 spiro atoms. The lowest BCUT2D eigenvalue weighted by Gasteiger charge is -2.16. The summed E-state index contributed by atoms with van der Waals surface area (Å²) < 4.78 is 0. The van der Waals surface area contributed by atoms with E-state index in [9.17, 15) is 5.11 Å². The summed E-state index contributed by atoms with van der Waals surface area (Å²) in [5, 5.41) is 31.9. The van der Waals surface area contributed by atoms with Crippen molar-refractivity contribution >= 4 is 5.84 Å². The minimum Gasteiger partial charge on any atom is -0.507 e. The molecule has 29 heavy (non-hydrogen) atoms. The van der Waals surface area contributed by atoms with Gasteiger partial charge in [-0.25, -0.2) is 0 Å². The van der Waals surface area contributed by atoms with Crippen molar-refractivity contribution < 1.29 is 5.11 Å². The summed E-state index contributed by atoms with van der Waals surface area (Å²) in [5.74, 6) is 0.666. The molecule has 0 radical (unpaired) electrons. The van der Waals surface area contributed by atoms with Crippen molar-refractivity contribution in [2.45, 2.75) is 13.0 Å². The summed E-state index contributed by atoms with van der Waals surface area (Å²) in [6.45, 7) is 8.31. The van der Waals surface area contributed by atoms with Gasteiger partial charge in [-0.15, -0.1) is 13.2 Å². The Morgan fingerprint density at radius 2 is 1.86 bits per heavy atom. The van der Waals surface area contributed by atoms with Crippen LogP contribution in [-0.4, -0.2) is 23.5 Å². The third-order valence-electron chi connectivity index (χ3n) is 4.15. The number of aliphatic imine (C=N–C) groups is 1. The van der Waals surface area contributed by atoms with Gasteiger partial charge in [0.1, 0.15) is 11.6 Å². The number of hydrogen-bond donors (Lipinski definition) is 2. The van der Waals surface area contributed by atoms with E-state index in [-0.39, 0.29) is 11.8 Å². The fourth-order valence-electron chi connectivity index (χ4n) is 2.86. The summed E-state index contributed by atoms with van der Waals surface area (Å²) >= 11 is 0. The van der Waals surface area contributed by atoms with E-state index in [1.165, 1.54) is 0 Å². The van der Waals surface area contributed by atoms with Gasteiger partial charge in [-0.2, -0.15) is 10.5 Å². The first kappa shape index (κ1) is 21.2. The van der Waals surface area contributed by atoms with Gasteiger partial charge in [0.2, 0.25) is 0 Å². The number of nitriles is 2. The summed E-state index contributed by atoms with van der Waals surface area (Å²) in [6, 6.07) is 16.7. The van der Waals surface area contributed by atoms with Crippen molar-refractivity contribution in [2.75, 3.05) is 6.54 Å². The van der Waals surface area contributed by atoms with Gasteiger partial charge in [0, 0.05) is 11.6 Å². The molecule has 2 aromatic carbocycles. The standard InChI is InChI=1S/C22H18N4O.C2H4/c1-15-10-16(13-23)5-3-9-25-22(26-15)20-12-19(7-8-21(20)27)18-6-2-4-17(11-18)14-24;1-2/h2-8,10-12,15,27H,9H2,1H3,(H,25,26);1-2H2/b5-3-,16-10+;. The van der Waals surface area contributed by atoms with Crippen LogP contribution in [0, 0.1) is 22.7 Å². The van der Waals surface area contributed by atoms with Crippen LogP contribution in [0.2, 0.25) is 0 Å². The van der Waals surface area contributed by atoms with Gasteiger partial charge in [0.05, 0.1) is 29.8 Å². The zero-order valence-corrected chi connectivity index (χ0v) is 16.3. The number of allylic oxidation sites excluding steroid dienone is 2. The maximum absolute atomic E-state index is 10.4. The van der Waals surface area contributed by atoms with E-state index in [4.69, 9.17) is 10.5 Å². The molecule has 3 rings (SSSR count). The van der Waals surface area contributed by atoms with Crippen molar-refractivity contribution in [1.82, 2.24) is 5.32 Å². The minimum absolute atomic E-state index is 0.112. The van der Waals surface area contributed by atoms with E-state index in [0.29, 0.717) is 29.1 Å². The van der Waals surface area contributed by atoms with Crippen LogP contribution in [-0.2, 0) is 0 Å². The van der Waals surface area contributed by atoms with Gasteiger partial charge in [-0.05, 0) is 54.5 Å².